The molecule has 17 heavy (non-hydrogen) atoms. The largest absolute Gasteiger partial charge is 0.385 e. The summed E-state index contributed by atoms with van der Waals surface area (Å²) in [5, 5.41) is 6.18. The summed E-state index contributed by atoms with van der Waals surface area (Å²) < 4.78 is 0. The van der Waals surface area contributed by atoms with Crippen LogP contribution in [0.2, 0.25) is 0 Å². The number of rotatable bonds is 5. The van der Waals surface area contributed by atoms with E-state index in [2.05, 4.69) is 24.5 Å². The fraction of sp³-hybridized carbons (Fsp3) is 0.500. The van der Waals surface area contributed by atoms with Gasteiger partial charge in [-0.3, -0.25) is 4.79 Å². The molecule has 0 radical (unpaired) electrons. The van der Waals surface area contributed by atoms with E-state index in [1.54, 1.807) is 0 Å². The highest BCUT2D eigenvalue weighted by Crippen LogP contribution is 2.17. The van der Waals surface area contributed by atoms with Gasteiger partial charge in [0.1, 0.15) is 0 Å². The third kappa shape index (κ3) is 4.10. The second-order valence-corrected chi connectivity index (χ2v) is 4.66. The lowest BCUT2D eigenvalue weighted by atomic mass is 10.1. The first-order valence-corrected chi connectivity index (χ1v) is 6.17. The van der Waals surface area contributed by atoms with Crippen molar-refractivity contribution in [2.24, 2.45) is 5.92 Å². The van der Waals surface area contributed by atoms with Gasteiger partial charge in [0.25, 0.3) is 5.91 Å². The smallest absolute Gasteiger partial charge is 0.251 e. The summed E-state index contributed by atoms with van der Waals surface area (Å²) in [6.07, 6.45) is 0. The van der Waals surface area contributed by atoms with Crippen molar-refractivity contribution < 1.29 is 4.79 Å². The zero-order valence-corrected chi connectivity index (χ0v) is 11.1. The van der Waals surface area contributed by atoms with Crippen LogP contribution in [0.25, 0.3) is 0 Å². The Morgan fingerprint density at radius 3 is 2.65 bits per heavy atom. The number of anilines is 1. The Morgan fingerprint density at radius 1 is 1.35 bits per heavy atom. The van der Waals surface area contributed by atoms with Crippen LogP contribution in [0.5, 0.6) is 0 Å². The van der Waals surface area contributed by atoms with E-state index in [0.717, 1.165) is 12.2 Å². The van der Waals surface area contributed by atoms with Crippen LogP contribution in [-0.2, 0) is 0 Å². The number of carbonyl (C=O) groups excluding carboxylic acids is 1. The summed E-state index contributed by atoms with van der Waals surface area (Å²) in [6.45, 7) is 9.86. The Balaban J connectivity index is 2.82. The molecule has 0 saturated carbocycles. The van der Waals surface area contributed by atoms with Gasteiger partial charge in [-0.15, -0.1) is 0 Å². The van der Waals surface area contributed by atoms with Crippen LogP contribution in [0.1, 0.15) is 36.7 Å². The van der Waals surface area contributed by atoms with Crippen LogP contribution >= 0.6 is 0 Å². The minimum absolute atomic E-state index is 0.0138. The minimum Gasteiger partial charge on any atom is -0.385 e. The number of hydrogen-bond acceptors (Lipinski definition) is 2. The molecule has 0 aliphatic heterocycles. The van der Waals surface area contributed by atoms with Gasteiger partial charge in [-0.25, -0.2) is 0 Å². The number of carbonyl (C=O) groups is 1. The Bertz CT molecular complexity index is 386. The number of hydrogen-bond donors (Lipinski definition) is 2. The molecule has 3 heteroatoms. The highest BCUT2D eigenvalue weighted by molar-refractivity contribution is 5.95. The van der Waals surface area contributed by atoms with Crippen LogP contribution < -0.4 is 10.6 Å². The fourth-order valence-corrected chi connectivity index (χ4v) is 1.53. The fourth-order valence-electron chi connectivity index (χ4n) is 1.53. The molecule has 0 atom stereocenters. The van der Waals surface area contributed by atoms with Crippen molar-refractivity contribution in [1.82, 2.24) is 5.32 Å². The molecular weight excluding hydrogens is 212 g/mol. The zero-order chi connectivity index (χ0) is 12.8. The van der Waals surface area contributed by atoms with Crippen molar-refractivity contribution in [1.29, 1.82) is 0 Å². The van der Waals surface area contributed by atoms with Gasteiger partial charge < -0.3 is 10.6 Å². The van der Waals surface area contributed by atoms with Crippen molar-refractivity contribution in [2.45, 2.75) is 27.7 Å². The van der Waals surface area contributed by atoms with Crippen LogP contribution in [0.4, 0.5) is 5.69 Å². The standard InChI is InChI=1S/C14H22N2O/c1-5-15-14(17)12-7-6-11(4)13(8-12)16-9-10(2)3/h6-8,10,16H,5,9H2,1-4H3,(H,15,17). The summed E-state index contributed by atoms with van der Waals surface area (Å²) in [5.41, 5.74) is 2.92. The Labute approximate surface area is 104 Å². The Hall–Kier alpha value is -1.51. The predicted octanol–water partition coefficient (Wildman–Crippen LogP) is 2.81. The van der Waals surface area contributed by atoms with Gasteiger partial charge in [0, 0.05) is 24.3 Å². The van der Waals surface area contributed by atoms with Gasteiger partial charge in [0.2, 0.25) is 0 Å². The molecule has 0 heterocycles. The summed E-state index contributed by atoms with van der Waals surface area (Å²) in [7, 11) is 0. The highest BCUT2D eigenvalue weighted by Gasteiger charge is 2.07. The molecule has 1 amide bonds. The lowest BCUT2D eigenvalue weighted by Gasteiger charge is -2.13. The van der Waals surface area contributed by atoms with Crippen LogP contribution in [0.3, 0.4) is 0 Å². The SMILES string of the molecule is CCNC(=O)c1ccc(C)c(NCC(C)C)c1. The van der Waals surface area contributed by atoms with Crippen LogP contribution in [0, 0.1) is 12.8 Å². The van der Waals surface area contributed by atoms with E-state index < -0.39 is 0 Å². The van der Waals surface area contributed by atoms with E-state index in [1.807, 2.05) is 32.0 Å². The number of amides is 1. The predicted molar refractivity (Wildman–Crippen MR) is 72.5 cm³/mol. The molecular formula is C14H22N2O. The molecule has 1 aromatic rings. The minimum atomic E-state index is -0.0138. The second kappa shape index (κ2) is 6.28. The van der Waals surface area contributed by atoms with Gasteiger partial charge in [0.15, 0.2) is 0 Å². The third-order valence-corrected chi connectivity index (χ3v) is 2.54. The normalized spacial score (nSPS) is 10.4. The van der Waals surface area contributed by atoms with Gasteiger partial charge in [-0.05, 0) is 37.5 Å². The molecule has 0 aliphatic rings. The molecule has 1 rings (SSSR count). The maximum Gasteiger partial charge on any atom is 0.251 e. The summed E-state index contributed by atoms with van der Waals surface area (Å²) in [5.74, 6) is 0.572. The van der Waals surface area contributed by atoms with Crippen LogP contribution in [-0.4, -0.2) is 19.0 Å². The second-order valence-electron chi connectivity index (χ2n) is 4.66. The van der Waals surface area contributed by atoms with Gasteiger partial charge in [0.05, 0.1) is 0 Å². The van der Waals surface area contributed by atoms with Crippen molar-refractivity contribution in [3.8, 4) is 0 Å². The molecule has 0 bridgehead atoms. The van der Waals surface area contributed by atoms with E-state index in [-0.39, 0.29) is 5.91 Å². The van der Waals surface area contributed by atoms with Crippen molar-refractivity contribution in [3.63, 3.8) is 0 Å². The molecule has 94 valence electrons. The summed E-state index contributed by atoms with van der Waals surface area (Å²) >= 11 is 0. The average Bonchev–Trinajstić information content (AvgIpc) is 2.28. The number of aryl methyl sites for hydroxylation is 1. The first-order valence-electron chi connectivity index (χ1n) is 6.17. The molecule has 0 spiro atoms. The number of benzene rings is 1. The third-order valence-electron chi connectivity index (χ3n) is 2.54. The molecule has 0 saturated heterocycles. The monoisotopic (exact) mass is 234 g/mol. The van der Waals surface area contributed by atoms with Gasteiger partial charge in [-0.2, -0.15) is 0 Å². The van der Waals surface area contributed by atoms with Crippen LogP contribution in [0.15, 0.2) is 18.2 Å². The maximum absolute atomic E-state index is 11.7. The molecule has 0 fully saturated rings. The highest BCUT2D eigenvalue weighted by atomic mass is 16.1. The Morgan fingerprint density at radius 2 is 2.06 bits per heavy atom. The maximum atomic E-state index is 11.7. The lowest BCUT2D eigenvalue weighted by molar-refractivity contribution is 0.0956. The molecule has 0 aliphatic carbocycles. The topological polar surface area (TPSA) is 41.1 Å². The van der Waals surface area contributed by atoms with E-state index >= 15 is 0 Å². The van der Waals surface area contributed by atoms with Crippen molar-refractivity contribution in [2.75, 3.05) is 18.4 Å². The average molecular weight is 234 g/mol. The molecule has 1 aromatic carbocycles. The van der Waals surface area contributed by atoms with E-state index in [9.17, 15) is 4.79 Å². The Kier molecular flexibility index (Phi) is 5.01. The molecule has 0 aromatic heterocycles. The summed E-state index contributed by atoms with van der Waals surface area (Å²) in [4.78, 5) is 11.7. The first-order chi connectivity index (χ1) is 8.04. The molecule has 3 nitrogen and oxygen atoms in total. The van der Waals surface area contributed by atoms with E-state index in [4.69, 9.17) is 0 Å². The van der Waals surface area contributed by atoms with Crippen molar-refractivity contribution >= 4 is 11.6 Å². The van der Waals surface area contributed by atoms with Crippen molar-refractivity contribution in [3.05, 3.63) is 29.3 Å². The molecule has 2 N–H and O–H groups in total. The number of nitrogens with one attached hydrogen (secondary N) is 2. The van der Waals surface area contributed by atoms with E-state index in [0.29, 0.717) is 18.0 Å². The zero-order valence-electron chi connectivity index (χ0n) is 11.1. The first kappa shape index (κ1) is 13.6. The van der Waals surface area contributed by atoms with E-state index in [1.165, 1.54) is 5.56 Å². The van der Waals surface area contributed by atoms with Gasteiger partial charge in [-0.1, -0.05) is 19.9 Å². The summed E-state index contributed by atoms with van der Waals surface area (Å²) in [6, 6.07) is 5.76. The lowest BCUT2D eigenvalue weighted by Crippen LogP contribution is -2.22. The quantitative estimate of drug-likeness (QED) is 0.822. The van der Waals surface area contributed by atoms with Gasteiger partial charge >= 0.3 is 0 Å². The molecule has 0 unspecified atom stereocenters.